The van der Waals surface area contributed by atoms with Crippen LogP contribution >= 0.6 is 0 Å². The molecule has 0 amide bonds. The molecule has 0 bridgehead atoms. The third kappa shape index (κ3) is 9.25. The van der Waals surface area contributed by atoms with Crippen molar-refractivity contribution in [2.24, 2.45) is 10.6 Å². The summed E-state index contributed by atoms with van der Waals surface area (Å²) in [5.41, 5.74) is 0.375. The Morgan fingerprint density at radius 3 is 1.67 bits per heavy atom. The zero-order valence-electron chi connectivity index (χ0n) is 18.3. The molecule has 0 heterocycles. The first-order valence-corrected chi connectivity index (χ1v) is 12.5. The molecule has 0 fully saturated rings. The monoisotopic (exact) mass is 407 g/mol. The predicted octanol–water partition coefficient (Wildman–Crippen LogP) is 4.77. The number of hydrogen-bond donors (Lipinski definition) is 2. The molecule has 164 valence electrons. The van der Waals surface area contributed by atoms with Crippen molar-refractivity contribution in [3.8, 4) is 0 Å². The van der Waals surface area contributed by atoms with E-state index in [4.69, 9.17) is 15.0 Å². The molecule has 0 spiro atoms. The summed E-state index contributed by atoms with van der Waals surface area (Å²) in [5.74, 6) is 0. The van der Waals surface area contributed by atoms with Crippen LogP contribution in [0.3, 0.4) is 0 Å². The van der Waals surface area contributed by atoms with Gasteiger partial charge in [-0.25, -0.2) is 13.6 Å². The van der Waals surface area contributed by atoms with Crippen molar-refractivity contribution in [1.82, 2.24) is 0 Å². The van der Waals surface area contributed by atoms with Gasteiger partial charge in [-0.05, 0) is 63.2 Å². The summed E-state index contributed by atoms with van der Waals surface area (Å²) >= 11 is 0. The molecule has 0 unspecified atom stereocenters. The van der Waals surface area contributed by atoms with Crippen LogP contribution in [0.5, 0.6) is 0 Å². The highest BCUT2D eigenvalue weighted by atomic mass is 32.2. The van der Waals surface area contributed by atoms with Crippen molar-refractivity contribution in [2.45, 2.75) is 109 Å². The number of sulfonamides is 1. The number of unbranched alkanes of at least 4 members (excludes halogenated alkanes) is 2. The summed E-state index contributed by atoms with van der Waals surface area (Å²) in [7, 11) is -3.51. The molecule has 0 aromatic heterocycles. The standard InChI is InChI=1S/C21H45NO4S/c1-5-20(6-2,15-13-17-23)14-9-11-18-26-19-12-10-16-21(7-3,8-4)27(22,24)25/h23H,5-19H2,1-4H3,(H2,22,24,25). The van der Waals surface area contributed by atoms with Crippen LogP contribution < -0.4 is 5.14 Å². The quantitative estimate of drug-likeness (QED) is 0.320. The average molecular weight is 408 g/mol. The van der Waals surface area contributed by atoms with Crippen molar-refractivity contribution in [3.05, 3.63) is 0 Å². The highest BCUT2D eigenvalue weighted by molar-refractivity contribution is 7.90. The fourth-order valence-corrected chi connectivity index (χ4v) is 5.38. The Hall–Kier alpha value is -0.170. The van der Waals surface area contributed by atoms with Crippen molar-refractivity contribution in [1.29, 1.82) is 0 Å². The van der Waals surface area contributed by atoms with Gasteiger partial charge in [0.25, 0.3) is 0 Å². The maximum absolute atomic E-state index is 11.9. The molecule has 27 heavy (non-hydrogen) atoms. The van der Waals surface area contributed by atoms with E-state index < -0.39 is 14.8 Å². The van der Waals surface area contributed by atoms with Crippen LogP contribution in [0, 0.1) is 5.41 Å². The van der Waals surface area contributed by atoms with Crippen LogP contribution in [0.25, 0.3) is 0 Å². The highest BCUT2D eigenvalue weighted by Gasteiger charge is 2.37. The topological polar surface area (TPSA) is 89.6 Å². The lowest BCUT2D eigenvalue weighted by molar-refractivity contribution is 0.117. The lowest BCUT2D eigenvalue weighted by Gasteiger charge is -2.32. The van der Waals surface area contributed by atoms with Gasteiger partial charge in [-0.2, -0.15) is 0 Å². The van der Waals surface area contributed by atoms with E-state index in [-0.39, 0.29) is 6.61 Å². The molecule has 0 rings (SSSR count). The van der Waals surface area contributed by atoms with Gasteiger partial charge in [0, 0.05) is 19.8 Å². The number of aliphatic hydroxyl groups is 1. The van der Waals surface area contributed by atoms with Crippen molar-refractivity contribution < 1.29 is 18.3 Å². The molecule has 0 aliphatic heterocycles. The van der Waals surface area contributed by atoms with E-state index in [0.717, 1.165) is 45.1 Å². The van der Waals surface area contributed by atoms with Gasteiger partial charge in [-0.1, -0.05) is 47.0 Å². The number of rotatable bonds is 18. The zero-order valence-corrected chi connectivity index (χ0v) is 19.1. The van der Waals surface area contributed by atoms with Crippen molar-refractivity contribution in [3.63, 3.8) is 0 Å². The second-order valence-electron chi connectivity index (χ2n) is 8.00. The van der Waals surface area contributed by atoms with E-state index in [1.165, 1.54) is 19.3 Å². The maximum atomic E-state index is 11.9. The molecule has 5 nitrogen and oxygen atoms in total. The Labute approximate surface area is 168 Å². The largest absolute Gasteiger partial charge is 0.396 e. The molecule has 0 aromatic rings. The third-order valence-electron chi connectivity index (χ3n) is 6.67. The second kappa shape index (κ2) is 13.9. The lowest BCUT2D eigenvalue weighted by Crippen LogP contribution is -2.42. The van der Waals surface area contributed by atoms with Gasteiger partial charge >= 0.3 is 0 Å². The molecular weight excluding hydrogens is 362 g/mol. The molecule has 0 aromatic carbocycles. The molecule has 3 N–H and O–H groups in total. The Morgan fingerprint density at radius 1 is 0.778 bits per heavy atom. The van der Waals surface area contributed by atoms with Gasteiger partial charge in [0.15, 0.2) is 0 Å². The summed E-state index contributed by atoms with van der Waals surface area (Å²) in [6, 6.07) is 0. The number of ether oxygens (including phenoxy) is 1. The van der Waals surface area contributed by atoms with Crippen molar-refractivity contribution >= 4 is 10.0 Å². The number of primary sulfonamides is 1. The molecule has 0 aliphatic carbocycles. The Morgan fingerprint density at radius 2 is 1.26 bits per heavy atom. The minimum atomic E-state index is -3.51. The van der Waals surface area contributed by atoms with Gasteiger partial charge in [-0.3, -0.25) is 0 Å². The van der Waals surface area contributed by atoms with E-state index in [1.54, 1.807) is 0 Å². The van der Waals surface area contributed by atoms with Crippen LogP contribution in [-0.2, 0) is 14.8 Å². The number of nitrogens with two attached hydrogens (primary N) is 1. The van der Waals surface area contributed by atoms with Gasteiger partial charge in [-0.15, -0.1) is 0 Å². The minimum absolute atomic E-state index is 0.285. The highest BCUT2D eigenvalue weighted by Crippen LogP contribution is 2.37. The van der Waals surface area contributed by atoms with Crippen LogP contribution in [-0.4, -0.2) is 38.1 Å². The van der Waals surface area contributed by atoms with E-state index in [2.05, 4.69) is 13.8 Å². The van der Waals surface area contributed by atoms with Gasteiger partial charge in [0.05, 0.1) is 4.75 Å². The number of hydrogen-bond acceptors (Lipinski definition) is 4. The van der Waals surface area contributed by atoms with Crippen molar-refractivity contribution in [2.75, 3.05) is 19.8 Å². The van der Waals surface area contributed by atoms with Gasteiger partial charge in [0.1, 0.15) is 0 Å². The Balaban J connectivity index is 3.98. The summed E-state index contributed by atoms with van der Waals surface area (Å²) in [6.45, 7) is 10.1. The number of aliphatic hydroxyl groups excluding tert-OH is 1. The van der Waals surface area contributed by atoms with Crippen LogP contribution in [0.1, 0.15) is 105 Å². The van der Waals surface area contributed by atoms with E-state index >= 15 is 0 Å². The molecule has 0 saturated carbocycles. The molecule has 6 heteroatoms. The summed E-state index contributed by atoms with van der Waals surface area (Å²) in [6.07, 6.45) is 11.2. The SMILES string of the molecule is CCC(CC)(CCCO)CCCCOCCCCC(CC)(CC)S(N)(=O)=O. The van der Waals surface area contributed by atoms with Crippen LogP contribution in [0.2, 0.25) is 0 Å². The smallest absolute Gasteiger partial charge is 0.214 e. The maximum Gasteiger partial charge on any atom is 0.214 e. The first-order chi connectivity index (χ1) is 12.8. The Bertz CT molecular complexity index is 457. The zero-order chi connectivity index (χ0) is 20.8. The first-order valence-electron chi connectivity index (χ1n) is 11.0. The minimum Gasteiger partial charge on any atom is -0.396 e. The van der Waals surface area contributed by atoms with Gasteiger partial charge in [0.2, 0.25) is 10.0 Å². The van der Waals surface area contributed by atoms with Crippen LogP contribution in [0.15, 0.2) is 0 Å². The fourth-order valence-electron chi connectivity index (χ4n) is 4.14. The van der Waals surface area contributed by atoms with E-state index in [0.29, 0.717) is 31.3 Å². The average Bonchev–Trinajstić information content (AvgIpc) is 2.65. The predicted molar refractivity (Wildman–Crippen MR) is 114 cm³/mol. The molecular formula is C21H45NO4S. The van der Waals surface area contributed by atoms with E-state index in [9.17, 15) is 8.42 Å². The lowest BCUT2D eigenvalue weighted by atomic mass is 9.74. The third-order valence-corrected chi connectivity index (χ3v) is 8.66. The normalized spacial score (nSPS) is 13.3. The molecule has 0 radical (unpaired) electrons. The first kappa shape index (κ1) is 26.8. The Kier molecular flexibility index (Phi) is 13.8. The van der Waals surface area contributed by atoms with E-state index in [1.807, 2.05) is 13.8 Å². The summed E-state index contributed by atoms with van der Waals surface area (Å²) < 4.78 is 28.7. The molecule has 0 atom stereocenters. The fraction of sp³-hybridized carbons (Fsp3) is 1.00. The molecule has 0 aliphatic rings. The van der Waals surface area contributed by atoms with Gasteiger partial charge < -0.3 is 9.84 Å². The second-order valence-corrected chi connectivity index (χ2v) is 9.95. The molecule has 0 saturated heterocycles. The van der Waals surface area contributed by atoms with Crippen LogP contribution in [0.4, 0.5) is 0 Å². The summed E-state index contributed by atoms with van der Waals surface area (Å²) in [4.78, 5) is 0. The summed E-state index contributed by atoms with van der Waals surface area (Å²) in [5, 5.41) is 14.5.